The number of thioether (sulfide) groups is 1. The summed E-state index contributed by atoms with van der Waals surface area (Å²) in [6.07, 6.45) is 4.58. The summed E-state index contributed by atoms with van der Waals surface area (Å²) < 4.78 is 5.73. The topological polar surface area (TPSA) is 68.0 Å². The number of hydrogen-bond donors (Lipinski definition) is 1. The van der Waals surface area contributed by atoms with Crippen molar-refractivity contribution in [2.24, 2.45) is 0 Å². The standard InChI is InChI=1S/C19H23N3O2S2/c1-3-4-5-6-9-20-18(23)15-11-25-17(21-15)12-26-19-22-14-10-13(2)7-8-16(14)24-19/h7-8,10-11H,3-6,9,12H2,1-2H3,(H,20,23). The zero-order chi connectivity index (χ0) is 18.4. The monoisotopic (exact) mass is 389 g/mol. The lowest BCUT2D eigenvalue weighted by atomic mass is 10.2. The first-order valence-electron chi connectivity index (χ1n) is 8.88. The van der Waals surface area contributed by atoms with Gasteiger partial charge in [-0.1, -0.05) is 44.0 Å². The van der Waals surface area contributed by atoms with Gasteiger partial charge in [0, 0.05) is 11.9 Å². The number of amides is 1. The van der Waals surface area contributed by atoms with Gasteiger partial charge in [0.05, 0.1) is 5.75 Å². The highest BCUT2D eigenvalue weighted by atomic mass is 32.2. The number of nitrogens with one attached hydrogen (secondary N) is 1. The number of nitrogens with zero attached hydrogens (tertiary/aromatic N) is 2. The van der Waals surface area contributed by atoms with Crippen molar-refractivity contribution in [1.82, 2.24) is 15.3 Å². The molecule has 3 rings (SSSR count). The fourth-order valence-electron chi connectivity index (χ4n) is 2.53. The molecule has 0 saturated carbocycles. The molecule has 0 aliphatic heterocycles. The van der Waals surface area contributed by atoms with E-state index in [9.17, 15) is 4.79 Å². The molecule has 138 valence electrons. The zero-order valence-corrected chi connectivity index (χ0v) is 16.7. The van der Waals surface area contributed by atoms with Crippen molar-refractivity contribution in [3.8, 4) is 0 Å². The highest BCUT2D eigenvalue weighted by Crippen LogP contribution is 2.27. The largest absolute Gasteiger partial charge is 0.431 e. The van der Waals surface area contributed by atoms with E-state index >= 15 is 0 Å². The van der Waals surface area contributed by atoms with Crippen LogP contribution in [0.15, 0.2) is 33.2 Å². The molecule has 0 bridgehead atoms. The average Bonchev–Trinajstić information content (AvgIpc) is 3.25. The third-order valence-electron chi connectivity index (χ3n) is 3.94. The normalized spacial score (nSPS) is 11.2. The zero-order valence-electron chi connectivity index (χ0n) is 15.1. The Labute approximate surface area is 161 Å². The molecule has 7 heteroatoms. The van der Waals surface area contributed by atoms with Gasteiger partial charge in [0.1, 0.15) is 16.2 Å². The van der Waals surface area contributed by atoms with Crippen LogP contribution in [0.3, 0.4) is 0 Å². The van der Waals surface area contributed by atoms with E-state index in [1.807, 2.05) is 30.5 Å². The van der Waals surface area contributed by atoms with Gasteiger partial charge in [-0.2, -0.15) is 0 Å². The molecule has 0 aliphatic carbocycles. The van der Waals surface area contributed by atoms with Crippen molar-refractivity contribution in [3.63, 3.8) is 0 Å². The van der Waals surface area contributed by atoms with Crippen molar-refractivity contribution in [2.45, 2.75) is 50.5 Å². The van der Waals surface area contributed by atoms with Gasteiger partial charge in [0.2, 0.25) is 0 Å². The maximum absolute atomic E-state index is 12.1. The minimum absolute atomic E-state index is 0.0914. The van der Waals surface area contributed by atoms with Crippen LogP contribution in [0.1, 0.15) is 53.7 Å². The number of rotatable bonds is 9. The van der Waals surface area contributed by atoms with Gasteiger partial charge in [-0.05, 0) is 31.0 Å². The minimum Gasteiger partial charge on any atom is -0.431 e. The van der Waals surface area contributed by atoms with Crippen molar-refractivity contribution >= 4 is 40.1 Å². The summed E-state index contributed by atoms with van der Waals surface area (Å²) in [4.78, 5) is 21.0. The third-order valence-corrected chi connectivity index (χ3v) is 5.81. The lowest BCUT2D eigenvalue weighted by Crippen LogP contribution is -2.24. The molecule has 5 nitrogen and oxygen atoms in total. The summed E-state index contributed by atoms with van der Waals surface area (Å²) in [6, 6.07) is 5.96. The Balaban J connectivity index is 1.50. The molecule has 0 spiro atoms. The maximum atomic E-state index is 12.1. The second kappa shape index (κ2) is 9.19. The smallest absolute Gasteiger partial charge is 0.270 e. The molecule has 1 amide bonds. The summed E-state index contributed by atoms with van der Waals surface area (Å²) in [7, 11) is 0. The van der Waals surface area contributed by atoms with Crippen molar-refractivity contribution in [3.05, 3.63) is 39.8 Å². The van der Waals surface area contributed by atoms with Gasteiger partial charge in [-0.25, -0.2) is 9.97 Å². The van der Waals surface area contributed by atoms with Crippen LogP contribution in [0.2, 0.25) is 0 Å². The van der Waals surface area contributed by atoms with Crippen LogP contribution < -0.4 is 5.32 Å². The maximum Gasteiger partial charge on any atom is 0.270 e. The average molecular weight is 390 g/mol. The van der Waals surface area contributed by atoms with Crippen LogP contribution in [0.4, 0.5) is 0 Å². The number of fused-ring (bicyclic) bond motifs is 1. The summed E-state index contributed by atoms with van der Waals surface area (Å²) in [5, 5.41) is 6.27. The molecule has 0 aliphatic rings. The SMILES string of the molecule is CCCCCCNC(=O)c1csc(CSc2nc3cc(C)ccc3o2)n1. The van der Waals surface area contributed by atoms with E-state index in [0.717, 1.165) is 34.5 Å². The molecule has 0 unspecified atom stereocenters. The second-order valence-corrected chi connectivity index (χ2v) is 8.05. The van der Waals surface area contributed by atoms with E-state index in [0.29, 0.717) is 23.2 Å². The second-order valence-electron chi connectivity index (χ2n) is 6.18. The van der Waals surface area contributed by atoms with Crippen LogP contribution in [0.25, 0.3) is 11.1 Å². The Hall–Kier alpha value is -1.86. The number of carbonyl (C=O) groups excluding carboxylic acids is 1. The molecule has 3 aromatic rings. The minimum atomic E-state index is -0.0914. The summed E-state index contributed by atoms with van der Waals surface area (Å²) >= 11 is 2.99. The van der Waals surface area contributed by atoms with Crippen molar-refractivity contribution in [1.29, 1.82) is 0 Å². The first-order valence-corrected chi connectivity index (χ1v) is 10.7. The highest BCUT2D eigenvalue weighted by Gasteiger charge is 2.12. The summed E-state index contributed by atoms with van der Waals surface area (Å²) in [5.41, 5.74) is 3.32. The molecular weight excluding hydrogens is 366 g/mol. The number of thiazole rings is 1. The van der Waals surface area contributed by atoms with Gasteiger partial charge in [0.25, 0.3) is 11.1 Å². The third kappa shape index (κ3) is 5.08. The molecule has 2 heterocycles. The van der Waals surface area contributed by atoms with E-state index in [1.165, 1.54) is 35.9 Å². The Morgan fingerprint density at radius 3 is 3.00 bits per heavy atom. The molecule has 0 atom stereocenters. The molecule has 0 saturated heterocycles. The van der Waals surface area contributed by atoms with E-state index < -0.39 is 0 Å². The van der Waals surface area contributed by atoms with Gasteiger partial charge in [0.15, 0.2) is 5.58 Å². The predicted octanol–water partition coefficient (Wildman–Crippen LogP) is 5.20. The highest BCUT2D eigenvalue weighted by molar-refractivity contribution is 7.98. The Morgan fingerprint density at radius 2 is 2.15 bits per heavy atom. The van der Waals surface area contributed by atoms with Crippen LogP contribution in [-0.4, -0.2) is 22.4 Å². The van der Waals surface area contributed by atoms with Crippen LogP contribution in [0, 0.1) is 6.92 Å². The predicted molar refractivity (Wildman–Crippen MR) is 107 cm³/mol. The van der Waals surface area contributed by atoms with Gasteiger partial charge < -0.3 is 9.73 Å². The Kier molecular flexibility index (Phi) is 6.68. The van der Waals surface area contributed by atoms with Crippen LogP contribution >= 0.6 is 23.1 Å². The first kappa shape index (κ1) is 18.9. The molecule has 1 aromatic carbocycles. The quantitative estimate of drug-likeness (QED) is 0.403. The number of hydrogen-bond acceptors (Lipinski definition) is 6. The first-order chi connectivity index (χ1) is 12.7. The Morgan fingerprint density at radius 1 is 1.27 bits per heavy atom. The molecule has 26 heavy (non-hydrogen) atoms. The van der Waals surface area contributed by atoms with Gasteiger partial charge >= 0.3 is 0 Å². The van der Waals surface area contributed by atoms with E-state index in [4.69, 9.17) is 4.42 Å². The fourth-order valence-corrected chi connectivity index (χ4v) is 4.16. The fraction of sp³-hybridized carbons (Fsp3) is 0.421. The number of benzene rings is 1. The summed E-state index contributed by atoms with van der Waals surface area (Å²) in [6.45, 7) is 4.92. The summed E-state index contributed by atoms with van der Waals surface area (Å²) in [5.74, 6) is 0.548. The van der Waals surface area contributed by atoms with Gasteiger partial charge in [-0.3, -0.25) is 4.79 Å². The number of unbranched alkanes of at least 4 members (excludes halogenated alkanes) is 3. The van der Waals surface area contributed by atoms with E-state index in [-0.39, 0.29) is 5.91 Å². The Bertz CT molecular complexity index is 873. The molecule has 0 radical (unpaired) electrons. The van der Waals surface area contributed by atoms with Crippen LogP contribution in [-0.2, 0) is 5.75 Å². The van der Waals surface area contributed by atoms with Crippen LogP contribution in [0.5, 0.6) is 0 Å². The molecule has 0 fully saturated rings. The van der Waals surface area contributed by atoms with E-state index in [2.05, 4.69) is 22.2 Å². The number of aromatic nitrogens is 2. The van der Waals surface area contributed by atoms with Gasteiger partial charge in [-0.15, -0.1) is 11.3 Å². The van der Waals surface area contributed by atoms with E-state index in [1.54, 1.807) is 0 Å². The molecular formula is C19H23N3O2S2. The number of aryl methyl sites for hydroxylation is 1. The lowest BCUT2D eigenvalue weighted by molar-refractivity contribution is 0.0948. The number of carbonyl (C=O) groups is 1. The number of oxazole rings is 1. The van der Waals surface area contributed by atoms with Crippen molar-refractivity contribution < 1.29 is 9.21 Å². The van der Waals surface area contributed by atoms with Crippen molar-refractivity contribution in [2.75, 3.05) is 6.54 Å². The molecule has 2 aromatic heterocycles. The molecule has 1 N–H and O–H groups in total. The lowest BCUT2D eigenvalue weighted by Gasteiger charge is -2.02.